The fourth-order valence-electron chi connectivity index (χ4n) is 3.90. The summed E-state index contributed by atoms with van der Waals surface area (Å²) in [5, 5.41) is 21.3. The number of nitrogens with zero attached hydrogens (tertiary/aromatic N) is 1. The van der Waals surface area contributed by atoms with Crippen molar-refractivity contribution in [1.29, 1.82) is 0 Å². The van der Waals surface area contributed by atoms with Gasteiger partial charge in [-0.05, 0) is 35.7 Å². The Kier molecular flexibility index (Phi) is 5.73. The molecule has 8 nitrogen and oxygen atoms in total. The van der Waals surface area contributed by atoms with E-state index in [1.165, 1.54) is 0 Å². The number of hydrogen-bond donors (Lipinski definition) is 4. The summed E-state index contributed by atoms with van der Waals surface area (Å²) < 4.78 is 0. The molecule has 0 saturated heterocycles. The van der Waals surface area contributed by atoms with Crippen molar-refractivity contribution in [2.24, 2.45) is 0 Å². The fourth-order valence-corrected chi connectivity index (χ4v) is 3.90. The van der Waals surface area contributed by atoms with Crippen LogP contribution in [0.2, 0.25) is 0 Å². The van der Waals surface area contributed by atoms with Crippen LogP contribution < -0.4 is 5.32 Å². The van der Waals surface area contributed by atoms with E-state index in [1.807, 2.05) is 35.2 Å². The van der Waals surface area contributed by atoms with E-state index in [0.717, 1.165) is 27.7 Å². The molecule has 1 aromatic heterocycles. The lowest BCUT2D eigenvalue weighted by molar-refractivity contribution is -0.140. The number of carboxylic acid groups (broad SMARTS) is 1. The zero-order chi connectivity index (χ0) is 22.0. The van der Waals surface area contributed by atoms with Crippen molar-refractivity contribution in [3.05, 3.63) is 70.9 Å². The minimum Gasteiger partial charge on any atom is -0.480 e. The molecular formula is C23H23N3O5. The fraction of sp³-hybridized carbons (Fsp3) is 0.261. The molecule has 0 saturated carbocycles. The van der Waals surface area contributed by atoms with Gasteiger partial charge in [0.2, 0.25) is 5.91 Å². The van der Waals surface area contributed by atoms with Gasteiger partial charge >= 0.3 is 5.97 Å². The smallest absolute Gasteiger partial charge is 0.328 e. The van der Waals surface area contributed by atoms with Crippen molar-refractivity contribution < 1.29 is 24.6 Å². The zero-order valence-electron chi connectivity index (χ0n) is 16.8. The van der Waals surface area contributed by atoms with Crippen molar-refractivity contribution in [3.63, 3.8) is 0 Å². The molecule has 4 rings (SSSR count). The summed E-state index contributed by atoms with van der Waals surface area (Å²) in [4.78, 5) is 41.4. The topological polar surface area (TPSA) is 123 Å². The van der Waals surface area contributed by atoms with Crippen LogP contribution in [0, 0.1) is 0 Å². The molecule has 1 atom stereocenters. The van der Waals surface area contributed by atoms with E-state index in [0.29, 0.717) is 31.5 Å². The SMILES string of the molecule is O=C(NC(CO)C(=O)O)c1ccc2[nH]c3c(c2c1)CCN(C(=O)Cc1ccccc1)C3. The number of rotatable bonds is 6. The summed E-state index contributed by atoms with van der Waals surface area (Å²) in [6.45, 7) is 0.381. The Balaban J connectivity index is 1.52. The van der Waals surface area contributed by atoms with Gasteiger partial charge in [-0.1, -0.05) is 30.3 Å². The van der Waals surface area contributed by atoms with Gasteiger partial charge in [-0.3, -0.25) is 9.59 Å². The standard InChI is InChI=1S/C23H23N3O5/c27-13-20(23(30)31)25-22(29)15-6-7-18-17(11-15)16-8-9-26(12-19(16)24-18)21(28)10-14-4-2-1-3-5-14/h1-7,11,20,24,27H,8-10,12-13H2,(H,25,29)(H,30,31). The number of carbonyl (C=O) groups is 3. The third-order valence-corrected chi connectivity index (χ3v) is 5.57. The number of aliphatic hydroxyl groups excluding tert-OH is 1. The second kappa shape index (κ2) is 8.61. The molecule has 1 unspecified atom stereocenters. The van der Waals surface area contributed by atoms with Gasteiger partial charge in [0.05, 0.1) is 19.6 Å². The Bertz CT molecular complexity index is 1140. The maximum atomic E-state index is 12.7. The molecular weight excluding hydrogens is 398 g/mol. The Morgan fingerprint density at radius 1 is 1.13 bits per heavy atom. The van der Waals surface area contributed by atoms with E-state index in [1.54, 1.807) is 18.2 Å². The summed E-state index contributed by atoms with van der Waals surface area (Å²) in [7, 11) is 0. The number of aliphatic hydroxyl groups is 1. The number of carbonyl (C=O) groups excluding carboxylic acids is 2. The van der Waals surface area contributed by atoms with E-state index in [-0.39, 0.29) is 5.91 Å². The van der Waals surface area contributed by atoms with Crippen molar-refractivity contribution in [1.82, 2.24) is 15.2 Å². The van der Waals surface area contributed by atoms with E-state index in [9.17, 15) is 14.4 Å². The summed E-state index contributed by atoms with van der Waals surface area (Å²) >= 11 is 0. The van der Waals surface area contributed by atoms with Crippen molar-refractivity contribution in [2.45, 2.75) is 25.4 Å². The van der Waals surface area contributed by atoms with Crippen LogP contribution in [0.5, 0.6) is 0 Å². The van der Waals surface area contributed by atoms with Gasteiger partial charge in [-0.15, -0.1) is 0 Å². The second-order valence-corrected chi connectivity index (χ2v) is 7.62. The lowest BCUT2D eigenvalue weighted by Gasteiger charge is -2.27. The molecule has 0 fully saturated rings. The van der Waals surface area contributed by atoms with Gasteiger partial charge in [0, 0.05) is 28.7 Å². The van der Waals surface area contributed by atoms with Gasteiger partial charge in [0.1, 0.15) is 0 Å². The van der Waals surface area contributed by atoms with E-state index in [4.69, 9.17) is 10.2 Å². The lowest BCUT2D eigenvalue weighted by atomic mass is 10.0. The summed E-state index contributed by atoms with van der Waals surface area (Å²) in [6.07, 6.45) is 1.02. The molecule has 2 aromatic carbocycles. The number of aliphatic carboxylic acids is 1. The minimum atomic E-state index is -1.35. The van der Waals surface area contributed by atoms with Crippen LogP contribution in [0.15, 0.2) is 48.5 Å². The Labute approximate surface area is 178 Å². The quantitative estimate of drug-likeness (QED) is 0.480. The molecule has 160 valence electrons. The van der Waals surface area contributed by atoms with E-state index < -0.39 is 24.5 Å². The van der Waals surface area contributed by atoms with Crippen LogP contribution in [-0.2, 0) is 29.0 Å². The molecule has 1 aliphatic rings. The number of amides is 2. The number of fused-ring (bicyclic) bond motifs is 3. The summed E-state index contributed by atoms with van der Waals surface area (Å²) in [5.74, 6) is -1.79. The monoisotopic (exact) mass is 421 g/mol. The highest BCUT2D eigenvalue weighted by Crippen LogP contribution is 2.28. The molecule has 4 N–H and O–H groups in total. The lowest BCUT2D eigenvalue weighted by Crippen LogP contribution is -2.43. The highest BCUT2D eigenvalue weighted by Gasteiger charge is 2.25. The molecule has 0 aliphatic carbocycles. The van der Waals surface area contributed by atoms with Gasteiger partial charge < -0.3 is 25.4 Å². The van der Waals surface area contributed by atoms with E-state index >= 15 is 0 Å². The molecule has 2 heterocycles. The normalized spacial score (nSPS) is 14.2. The number of aromatic nitrogens is 1. The van der Waals surface area contributed by atoms with Gasteiger partial charge in [0.25, 0.3) is 5.91 Å². The largest absolute Gasteiger partial charge is 0.480 e. The number of nitrogens with one attached hydrogen (secondary N) is 2. The molecule has 8 heteroatoms. The maximum Gasteiger partial charge on any atom is 0.328 e. The minimum absolute atomic E-state index is 0.0688. The predicted molar refractivity (Wildman–Crippen MR) is 114 cm³/mol. The first-order valence-electron chi connectivity index (χ1n) is 10.1. The highest BCUT2D eigenvalue weighted by atomic mass is 16.4. The molecule has 0 bridgehead atoms. The summed E-state index contributed by atoms with van der Waals surface area (Å²) in [5.41, 5.74) is 4.16. The van der Waals surface area contributed by atoms with Crippen molar-refractivity contribution in [2.75, 3.05) is 13.2 Å². The van der Waals surface area contributed by atoms with Crippen LogP contribution in [0.4, 0.5) is 0 Å². The average Bonchev–Trinajstić information content (AvgIpc) is 3.14. The Morgan fingerprint density at radius 3 is 2.61 bits per heavy atom. The van der Waals surface area contributed by atoms with Crippen molar-refractivity contribution in [3.8, 4) is 0 Å². The van der Waals surface area contributed by atoms with Gasteiger partial charge in [-0.25, -0.2) is 4.79 Å². The van der Waals surface area contributed by atoms with Crippen LogP contribution in [-0.4, -0.2) is 57.1 Å². The second-order valence-electron chi connectivity index (χ2n) is 7.62. The Morgan fingerprint density at radius 2 is 1.90 bits per heavy atom. The first kappa shape index (κ1) is 20.6. The molecule has 3 aromatic rings. The molecule has 31 heavy (non-hydrogen) atoms. The third-order valence-electron chi connectivity index (χ3n) is 5.57. The van der Waals surface area contributed by atoms with Gasteiger partial charge in [-0.2, -0.15) is 0 Å². The van der Waals surface area contributed by atoms with E-state index in [2.05, 4.69) is 10.3 Å². The maximum absolute atomic E-state index is 12.7. The number of aromatic amines is 1. The summed E-state index contributed by atoms with van der Waals surface area (Å²) in [6, 6.07) is 13.4. The molecule has 2 amide bonds. The number of carboxylic acids is 1. The van der Waals surface area contributed by atoms with Crippen LogP contribution in [0.1, 0.15) is 27.2 Å². The van der Waals surface area contributed by atoms with Crippen LogP contribution in [0.3, 0.4) is 0 Å². The van der Waals surface area contributed by atoms with Gasteiger partial charge in [0.15, 0.2) is 6.04 Å². The highest BCUT2D eigenvalue weighted by molar-refractivity contribution is 6.00. The number of H-pyrrole nitrogens is 1. The number of hydrogen-bond acceptors (Lipinski definition) is 4. The Hall–Kier alpha value is -3.65. The third kappa shape index (κ3) is 4.29. The van der Waals surface area contributed by atoms with Crippen molar-refractivity contribution >= 4 is 28.7 Å². The average molecular weight is 421 g/mol. The first-order valence-corrected chi connectivity index (χ1v) is 10.1. The van der Waals surface area contributed by atoms with Crippen LogP contribution in [0.25, 0.3) is 10.9 Å². The number of benzene rings is 2. The van der Waals surface area contributed by atoms with Crippen LogP contribution >= 0.6 is 0 Å². The predicted octanol–water partition coefficient (Wildman–Crippen LogP) is 1.47. The first-order chi connectivity index (χ1) is 15.0. The molecule has 0 spiro atoms. The molecule has 1 aliphatic heterocycles. The molecule has 0 radical (unpaired) electrons. The zero-order valence-corrected chi connectivity index (χ0v) is 16.8.